The molecule has 2 rings (SSSR count). The van der Waals surface area contributed by atoms with Crippen molar-refractivity contribution in [3.8, 4) is 11.5 Å². The Kier molecular flexibility index (Phi) is 3.28. The van der Waals surface area contributed by atoms with Crippen molar-refractivity contribution in [1.82, 2.24) is 5.16 Å². The van der Waals surface area contributed by atoms with Crippen LogP contribution < -0.4 is 0 Å². The lowest BCUT2D eigenvalue weighted by Crippen LogP contribution is -2.12. The number of carboxylic acid groups (broad SMARTS) is 1. The van der Waals surface area contributed by atoms with Crippen LogP contribution in [0, 0.1) is 10.1 Å². The van der Waals surface area contributed by atoms with E-state index in [0.29, 0.717) is 6.07 Å². The summed E-state index contributed by atoms with van der Waals surface area (Å²) in [6, 6.07) is 1.61. The molecule has 10 nitrogen and oxygen atoms in total. The molecule has 108 valence electrons. The number of hydrogen-bond acceptors (Lipinski definition) is 8. The van der Waals surface area contributed by atoms with E-state index in [1.807, 2.05) is 0 Å². The van der Waals surface area contributed by atoms with E-state index in [9.17, 15) is 29.9 Å². The number of aromatic carboxylic acids is 1. The van der Waals surface area contributed by atoms with Crippen LogP contribution in [0.5, 0.6) is 11.5 Å². The van der Waals surface area contributed by atoms with E-state index in [1.54, 1.807) is 0 Å². The number of carboxylic acids is 1. The van der Waals surface area contributed by atoms with Gasteiger partial charge in [0.25, 0.3) is 0 Å². The van der Waals surface area contributed by atoms with E-state index in [-0.39, 0.29) is 0 Å². The molecule has 1 aromatic heterocycles. The minimum Gasteiger partial charge on any atom is -0.504 e. The molecule has 0 saturated carbocycles. The van der Waals surface area contributed by atoms with Crippen LogP contribution in [0.15, 0.2) is 22.9 Å². The zero-order chi connectivity index (χ0) is 15.7. The Hall–Kier alpha value is -3.43. The number of hydrogen-bond donors (Lipinski definition) is 3. The monoisotopic (exact) mass is 294 g/mol. The van der Waals surface area contributed by atoms with Gasteiger partial charge in [-0.05, 0) is 6.07 Å². The van der Waals surface area contributed by atoms with Gasteiger partial charge in [0.1, 0.15) is 5.56 Å². The number of rotatable bonds is 4. The number of carbonyl (C=O) groups is 2. The van der Waals surface area contributed by atoms with E-state index >= 15 is 0 Å². The first kappa shape index (κ1) is 14.0. The lowest BCUT2D eigenvalue weighted by molar-refractivity contribution is -0.386. The van der Waals surface area contributed by atoms with Gasteiger partial charge in [0.15, 0.2) is 5.75 Å². The molecule has 1 aromatic carbocycles. The third-order valence-electron chi connectivity index (χ3n) is 2.56. The second-order valence-corrected chi connectivity index (χ2v) is 3.78. The van der Waals surface area contributed by atoms with Crippen LogP contribution in [0.3, 0.4) is 0 Å². The molecule has 1 heterocycles. The minimum atomic E-state index is -1.70. The smallest absolute Gasteiger partial charge is 0.336 e. The summed E-state index contributed by atoms with van der Waals surface area (Å²) in [7, 11) is 0. The Labute approximate surface area is 115 Å². The van der Waals surface area contributed by atoms with Crippen LogP contribution >= 0.6 is 0 Å². The lowest BCUT2D eigenvalue weighted by Gasteiger charge is -2.07. The highest BCUT2D eigenvalue weighted by atomic mass is 16.6. The van der Waals surface area contributed by atoms with Crippen molar-refractivity contribution >= 4 is 17.4 Å². The first-order chi connectivity index (χ1) is 9.84. The van der Waals surface area contributed by atoms with Crippen molar-refractivity contribution in [1.29, 1.82) is 0 Å². The molecular weight excluding hydrogens is 288 g/mol. The average Bonchev–Trinajstić information content (AvgIpc) is 2.93. The van der Waals surface area contributed by atoms with Crippen molar-refractivity contribution in [3.05, 3.63) is 45.3 Å². The molecule has 2 aromatic rings. The Morgan fingerprint density at radius 3 is 2.48 bits per heavy atom. The average molecular weight is 294 g/mol. The Morgan fingerprint density at radius 1 is 1.33 bits per heavy atom. The second kappa shape index (κ2) is 4.92. The van der Waals surface area contributed by atoms with Gasteiger partial charge in [-0.2, -0.15) is 0 Å². The SMILES string of the molecule is O=C(O)c1cc(O)c(O)c([N+](=O)[O-])c1C(=O)c1ccno1. The number of nitro groups is 1. The summed E-state index contributed by atoms with van der Waals surface area (Å²) < 4.78 is 4.53. The van der Waals surface area contributed by atoms with Crippen molar-refractivity contribution in [2.75, 3.05) is 0 Å². The Morgan fingerprint density at radius 2 is 2.00 bits per heavy atom. The molecule has 0 unspecified atom stereocenters. The maximum absolute atomic E-state index is 12.1. The molecule has 0 saturated heterocycles. The summed E-state index contributed by atoms with van der Waals surface area (Å²) in [4.78, 5) is 33.1. The number of ketones is 1. The van der Waals surface area contributed by atoms with Crippen molar-refractivity contribution < 1.29 is 34.4 Å². The summed E-state index contributed by atoms with van der Waals surface area (Å²) in [5, 5.41) is 42.1. The summed E-state index contributed by atoms with van der Waals surface area (Å²) in [5.41, 5.74) is -2.99. The molecular formula is C11H6N2O8. The molecule has 0 aliphatic heterocycles. The van der Waals surface area contributed by atoms with E-state index in [2.05, 4.69) is 9.68 Å². The predicted molar refractivity (Wildman–Crippen MR) is 63.3 cm³/mol. The summed E-state index contributed by atoms with van der Waals surface area (Å²) >= 11 is 0. The third kappa shape index (κ3) is 2.25. The van der Waals surface area contributed by atoms with Gasteiger partial charge in [-0.1, -0.05) is 5.16 Å². The van der Waals surface area contributed by atoms with Gasteiger partial charge >= 0.3 is 11.7 Å². The summed E-state index contributed by atoms with van der Waals surface area (Å²) in [6.07, 6.45) is 1.08. The molecule has 21 heavy (non-hydrogen) atoms. The molecule has 3 N–H and O–H groups in total. The number of nitro benzene ring substituents is 1. The van der Waals surface area contributed by atoms with Gasteiger partial charge in [0.05, 0.1) is 16.7 Å². The fourth-order valence-corrected chi connectivity index (χ4v) is 1.68. The Balaban J connectivity index is 2.84. The van der Waals surface area contributed by atoms with Crippen molar-refractivity contribution in [3.63, 3.8) is 0 Å². The molecule has 0 atom stereocenters. The number of phenolic OH excluding ortho intramolecular Hbond substituents is 2. The number of benzene rings is 1. The summed E-state index contributed by atoms with van der Waals surface area (Å²) in [5.74, 6) is -5.56. The first-order valence-corrected chi connectivity index (χ1v) is 5.26. The molecule has 0 aliphatic carbocycles. The fraction of sp³-hybridized carbons (Fsp3) is 0. The number of carbonyl (C=O) groups excluding carboxylic acids is 1. The van der Waals surface area contributed by atoms with Crippen LogP contribution in [0.1, 0.15) is 26.5 Å². The molecule has 0 amide bonds. The zero-order valence-corrected chi connectivity index (χ0v) is 10.0. The van der Waals surface area contributed by atoms with Crippen LogP contribution in [-0.2, 0) is 0 Å². The largest absolute Gasteiger partial charge is 0.504 e. The highest BCUT2D eigenvalue weighted by Crippen LogP contribution is 2.41. The first-order valence-electron chi connectivity index (χ1n) is 5.26. The Bertz CT molecular complexity index is 750. The molecule has 0 radical (unpaired) electrons. The number of nitrogens with zero attached hydrogens (tertiary/aromatic N) is 2. The molecule has 0 aliphatic rings. The topological polar surface area (TPSA) is 164 Å². The van der Waals surface area contributed by atoms with E-state index < -0.39 is 50.7 Å². The quantitative estimate of drug-likeness (QED) is 0.321. The van der Waals surface area contributed by atoms with Gasteiger partial charge in [-0.15, -0.1) is 0 Å². The minimum absolute atomic E-state index is 0.453. The number of phenols is 2. The van der Waals surface area contributed by atoms with Crippen molar-refractivity contribution in [2.24, 2.45) is 0 Å². The number of aromatic hydroxyl groups is 2. The van der Waals surface area contributed by atoms with Crippen LogP contribution in [0.25, 0.3) is 0 Å². The maximum atomic E-state index is 12.1. The fourth-order valence-electron chi connectivity index (χ4n) is 1.68. The van der Waals surface area contributed by atoms with Crippen molar-refractivity contribution in [2.45, 2.75) is 0 Å². The molecule has 0 fully saturated rings. The van der Waals surface area contributed by atoms with Gasteiger partial charge in [-0.3, -0.25) is 14.9 Å². The lowest BCUT2D eigenvalue weighted by atomic mass is 9.98. The second-order valence-electron chi connectivity index (χ2n) is 3.78. The standard InChI is InChI=1S/C11H6N2O8/c14-5-3-4(11(17)18)7(8(9(5)15)13(19)20)10(16)6-1-2-12-21-6/h1-3,14-15H,(H,17,18). The van der Waals surface area contributed by atoms with Gasteiger partial charge in [0, 0.05) is 6.07 Å². The maximum Gasteiger partial charge on any atom is 0.336 e. The summed E-state index contributed by atoms with van der Waals surface area (Å²) in [6.45, 7) is 0. The highest BCUT2D eigenvalue weighted by molar-refractivity contribution is 6.16. The van der Waals surface area contributed by atoms with Crippen LogP contribution in [-0.4, -0.2) is 37.2 Å². The number of aromatic nitrogens is 1. The molecule has 10 heteroatoms. The predicted octanol–water partition coefficient (Wildman–Crippen LogP) is 0.923. The molecule has 0 bridgehead atoms. The van der Waals surface area contributed by atoms with E-state index in [4.69, 9.17) is 5.11 Å². The third-order valence-corrected chi connectivity index (χ3v) is 2.56. The van der Waals surface area contributed by atoms with E-state index in [1.165, 1.54) is 0 Å². The van der Waals surface area contributed by atoms with Gasteiger partial charge in [-0.25, -0.2) is 4.79 Å². The van der Waals surface area contributed by atoms with Gasteiger partial charge < -0.3 is 19.8 Å². The zero-order valence-electron chi connectivity index (χ0n) is 10.0. The van der Waals surface area contributed by atoms with Gasteiger partial charge in [0.2, 0.25) is 17.3 Å². The van der Waals surface area contributed by atoms with E-state index in [0.717, 1.165) is 12.3 Å². The normalized spacial score (nSPS) is 10.3. The molecule has 0 spiro atoms. The highest BCUT2D eigenvalue weighted by Gasteiger charge is 2.35. The van der Waals surface area contributed by atoms with Crippen LogP contribution in [0.2, 0.25) is 0 Å². The van der Waals surface area contributed by atoms with Crippen LogP contribution in [0.4, 0.5) is 5.69 Å².